The zero-order chi connectivity index (χ0) is 13.8. The number of carbonyl (C=O) groups is 1. The Balaban J connectivity index is 1.94. The molecule has 0 saturated heterocycles. The standard InChI is InChI=1S/C15H11N3O2/c19-10-16-13-8-4-7-12(9-13)15-17-14(18-20-15)11-5-2-1-3-6-11/h1-10H,(H,16,19). The number of rotatable bonds is 4. The van der Waals surface area contributed by atoms with Crippen LogP contribution in [-0.4, -0.2) is 16.6 Å². The van der Waals surface area contributed by atoms with Crippen molar-refractivity contribution in [3.05, 3.63) is 54.6 Å². The smallest absolute Gasteiger partial charge is 0.258 e. The molecule has 1 aromatic heterocycles. The van der Waals surface area contributed by atoms with Gasteiger partial charge in [0.2, 0.25) is 12.2 Å². The van der Waals surface area contributed by atoms with E-state index in [0.29, 0.717) is 23.8 Å². The molecule has 0 aliphatic heterocycles. The highest BCUT2D eigenvalue weighted by molar-refractivity contribution is 5.74. The first-order chi connectivity index (χ1) is 9.86. The molecule has 0 aliphatic rings. The van der Waals surface area contributed by atoms with Crippen LogP contribution in [0.4, 0.5) is 5.69 Å². The summed E-state index contributed by atoms with van der Waals surface area (Å²) in [4.78, 5) is 14.8. The first-order valence-corrected chi connectivity index (χ1v) is 6.06. The van der Waals surface area contributed by atoms with Crippen molar-refractivity contribution in [3.8, 4) is 22.8 Å². The molecule has 98 valence electrons. The van der Waals surface area contributed by atoms with E-state index in [1.165, 1.54) is 0 Å². The zero-order valence-corrected chi connectivity index (χ0v) is 10.5. The number of carbonyl (C=O) groups excluding carboxylic acids is 1. The van der Waals surface area contributed by atoms with Gasteiger partial charge in [-0.15, -0.1) is 0 Å². The van der Waals surface area contributed by atoms with E-state index in [1.54, 1.807) is 12.1 Å². The lowest BCUT2D eigenvalue weighted by molar-refractivity contribution is -0.105. The molecule has 5 nitrogen and oxygen atoms in total. The zero-order valence-electron chi connectivity index (χ0n) is 10.5. The average molecular weight is 265 g/mol. The minimum absolute atomic E-state index is 0.415. The van der Waals surface area contributed by atoms with Crippen molar-refractivity contribution in [2.24, 2.45) is 0 Å². The van der Waals surface area contributed by atoms with Crippen molar-refractivity contribution in [2.45, 2.75) is 0 Å². The molecule has 2 aromatic carbocycles. The Morgan fingerprint density at radius 1 is 1.00 bits per heavy atom. The molecule has 3 rings (SSSR count). The predicted octanol–water partition coefficient (Wildman–Crippen LogP) is 2.97. The van der Waals surface area contributed by atoms with Crippen molar-refractivity contribution >= 4 is 12.1 Å². The molecule has 1 N–H and O–H groups in total. The summed E-state index contributed by atoms with van der Waals surface area (Å²) in [5, 5.41) is 6.55. The molecule has 0 aliphatic carbocycles. The Morgan fingerprint density at radius 3 is 2.60 bits per heavy atom. The Labute approximate surface area is 115 Å². The van der Waals surface area contributed by atoms with Gasteiger partial charge in [0.1, 0.15) is 0 Å². The number of anilines is 1. The Kier molecular flexibility index (Phi) is 3.24. The van der Waals surface area contributed by atoms with E-state index in [-0.39, 0.29) is 0 Å². The maximum Gasteiger partial charge on any atom is 0.258 e. The van der Waals surface area contributed by atoms with Gasteiger partial charge in [0.15, 0.2) is 0 Å². The SMILES string of the molecule is O=CNc1cccc(-c2nc(-c3ccccc3)no2)c1. The average Bonchev–Trinajstić information content (AvgIpc) is 2.99. The minimum atomic E-state index is 0.415. The lowest BCUT2D eigenvalue weighted by atomic mass is 10.2. The van der Waals surface area contributed by atoms with Crippen molar-refractivity contribution in [1.29, 1.82) is 0 Å². The molecular weight excluding hydrogens is 254 g/mol. The van der Waals surface area contributed by atoms with Crippen LogP contribution in [-0.2, 0) is 4.79 Å². The number of amides is 1. The summed E-state index contributed by atoms with van der Waals surface area (Å²) in [6.07, 6.45) is 0.627. The van der Waals surface area contributed by atoms with E-state index in [4.69, 9.17) is 4.52 Å². The minimum Gasteiger partial charge on any atom is -0.334 e. The molecule has 20 heavy (non-hydrogen) atoms. The summed E-state index contributed by atoms with van der Waals surface area (Å²) < 4.78 is 5.26. The third kappa shape index (κ3) is 2.42. The summed E-state index contributed by atoms with van der Waals surface area (Å²) in [6.45, 7) is 0. The number of hydrogen-bond donors (Lipinski definition) is 1. The number of aromatic nitrogens is 2. The highest BCUT2D eigenvalue weighted by Crippen LogP contribution is 2.23. The molecule has 0 atom stereocenters. The highest BCUT2D eigenvalue weighted by atomic mass is 16.5. The molecule has 0 unspecified atom stereocenters. The van der Waals surface area contributed by atoms with Crippen LogP contribution < -0.4 is 5.32 Å². The highest BCUT2D eigenvalue weighted by Gasteiger charge is 2.10. The van der Waals surface area contributed by atoms with Gasteiger partial charge < -0.3 is 9.84 Å². The predicted molar refractivity (Wildman–Crippen MR) is 74.9 cm³/mol. The van der Waals surface area contributed by atoms with Crippen molar-refractivity contribution in [2.75, 3.05) is 5.32 Å². The van der Waals surface area contributed by atoms with Gasteiger partial charge in [-0.1, -0.05) is 41.6 Å². The van der Waals surface area contributed by atoms with E-state index in [2.05, 4.69) is 15.5 Å². The molecule has 1 amide bonds. The van der Waals surface area contributed by atoms with Crippen LogP contribution in [0.15, 0.2) is 59.1 Å². The number of benzene rings is 2. The third-order valence-corrected chi connectivity index (χ3v) is 2.79. The van der Waals surface area contributed by atoms with E-state index < -0.39 is 0 Å². The summed E-state index contributed by atoms with van der Waals surface area (Å²) >= 11 is 0. The topological polar surface area (TPSA) is 68.0 Å². The molecular formula is C15H11N3O2. The fourth-order valence-corrected chi connectivity index (χ4v) is 1.86. The molecule has 0 bridgehead atoms. The lowest BCUT2D eigenvalue weighted by Crippen LogP contribution is -1.93. The van der Waals surface area contributed by atoms with Crippen molar-refractivity contribution in [3.63, 3.8) is 0 Å². The summed E-state index contributed by atoms with van der Waals surface area (Å²) in [5.41, 5.74) is 2.33. The van der Waals surface area contributed by atoms with Crippen LogP contribution in [0.2, 0.25) is 0 Å². The summed E-state index contributed by atoms with van der Waals surface area (Å²) in [6, 6.07) is 16.8. The van der Waals surface area contributed by atoms with E-state index in [9.17, 15) is 4.79 Å². The van der Waals surface area contributed by atoms with Crippen molar-refractivity contribution < 1.29 is 9.32 Å². The fraction of sp³-hybridized carbons (Fsp3) is 0. The third-order valence-electron chi connectivity index (χ3n) is 2.79. The largest absolute Gasteiger partial charge is 0.334 e. The van der Waals surface area contributed by atoms with E-state index in [0.717, 1.165) is 11.1 Å². The number of hydrogen-bond acceptors (Lipinski definition) is 4. The van der Waals surface area contributed by atoms with Gasteiger partial charge >= 0.3 is 0 Å². The quantitative estimate of drug-likeness (QED) is 0.736. The normalized spacial score (nSPS) is 10.2. The van der Waals surface area contributed by atoms with E-state index >= 15 is 0 Å². The van der Waals surface area contributed by atoms with Gasteiger partial charge in [0, 0.05) is 16.8 Å². The first kappa shape index (κ1) is 12.1. The molecule has 1 heterocycles. The molecule has 0 radical (unpaired) electrons. The lowest BCUT2D eigenvalue weighted by Gasteiger charge is -1.99. The van der Waals surface area contributed by atoms with Crippen LogP contribution in [0.1, 0.15) is 0 Å². The number of nitrogens with one attached hydrogen (secondary N) is 1. The molecule has 3 aromatic rings. The van der Waals surface area contributed by atoms with Gasteiger partial charge in [0.25, 0.3) is 5.89 Å². The monoisotopic (exact) mass is 265 g/mol. The molecule has 5 heteroatoms. The molecule has 0 saturated carbocycles. The number of nitrogens with zero attached hydrogens (tertiary/aromatic N) is 2. The van der Waals surface area contributed by atoms with Gasteiger partial charge in [-0.2, -0.15) is 4.98 Å². The van der Waals surface area contributed by atoms with Gasteiger partial charge in [-0.05, 0) is 18.2 Å². The van der Waals surface area contributed by atoms with Crippen LogP contribution in [0.5, 0.6) is 0 Å². The first-order valence-electron chi connectivity index (χ1n) is 6.06. The maximum atomic E-state index is 10.4. The van der Waals surface area contributed by atoms with Gasteiger partial charge in [-0.25, -0.2) is 0 Å². The maximum absolute atomic E-state index is 10.4. The second-order valence-electron chi connectivity index (χ2n) is 4.13. The fourth-order valence-electron chi connectivity index (χ4n) is 1.86. The second kappa shape index (κ2) is 5.36. The Bertz CT molecular complexity index is 723. The van der Waals surface area contributed by atoms with E-state index in [1.807, 2.05) is 42.5 Å². The van der Waals surface area contributed by atoms with Gasteiger partial charge in [0.05, 0.1) is 0 Å². The summed E-state index contributed by atoms with van der Waals surface area (Å²) in [7, 11) is 0. The van der Waals surface area contributed by atoms with Crippen LogP contribution in [0.25, 0.3) is 22.8 Å². The second-order valence-corrected chi connectivity index (χ2v) is 4.13. The summed E-state index contributed by atoms with van der Waals surface area (Å²) in [5.74, 6) is 0.952. The van der Waals surface area contributed by atoms with Crippen LogP contribution in [0, 0.1) is 0 Å². The van der Waals surface area contributed by atoms with Crippen molar-refractivity contribution in [1.82, 2.24) is 10.1 Å². The molecule has 0 spiro atoms. The van der Waals surface area contributed by atoms with Crippen LogP contribution >= 0.6 is 0 Å². The Hall–Kier alpha value is -2.95. The van der Waals surface area contributed by atoms with Gasteiger partial charge in [-0.3, -0.25) is 4.79 Å². The molecule has 0 fully saturated rings. The Morgan fingerprint density at radius 2 is 1.80 bits per heavy atom. The van der Waals surface area contributed by atoms with Crippen LogP contribution in [0.3, 0.4) is 0 Å².